The lowest BCUT2D eigenvalue weighted by molar-refractivity contribution is -0.160. The molecule has 1 rings (SSSR count). The first-order valence-corrected chi connectivity index (χ1v) is 4.86. The van der Waals surface area contributed by atoms with Crippen LogP contribution < -0.4 is 0 Å². The molecule has 0 saturated heterocycles. The van der Waals surface area contributed by atoms with Gasteiger partial charge in [-0.05, 0) is 6.92 Å². The van der Waals surface area contributed by atoms with E-state index in [0.717, 1.165) is 0 Å². The van der Waals surface area contributed by atoms with E-state index in [4.69, 9.17) is 0 Å². The maximum absolute atomic E-state index is 11.7. The van der Waals surface area contributed by atoms with Crippen molar-refractivity contribution in [3.63, 3.8) is 0 Å². The molecule has 0 radical (unpaired) electrons. The van der Waals surface area contributed by atoms with Crippen LogP contribution in [0, 0.1) is 0 Å². The predicted molar refractivity (Wildman–Crippen MR) is 58.0 cm³/mol. The van der Waals surface area contributed by atoms with Gasteiger partial charge in [-0.25, -0.2) is 4.79 Å². The molecule has 16 heavy (non-hydrogen) atoms. The van der Waals surface area contributed by atoms with Gasteiger partial charge in [-0.1, -0.05) is 30.3 Å². The molecule has 86 valence electrons. The fourth-order valence-electron chi connectivity index (χ4n) is 1.33. The second-order valence-electron chi connectivity index (χ2n) is 3.73. The second kappa shape index (κ2) is 4.90. The average Bonchev–Trinajstić information content (AvgIpc) is 2.28. The zero-order valence-electron chi connectivity index (χ0n) is 9.27. The Morgan fingerprint density at radius 1 is 1.31 bits per heavy atom. The smallest absolute Gasteiger partial charge is 0.338 e. The number of rotatable bonds is 4. The van der Waals surface area contributed by atoms with Crippen LogP contribution in [0.3, 0.4) is 0 Å². The number of carbonyl (C=O) groups is 2. The molecule has 0 bridgehead atoms. The van der Waals surface area contributed by atoms with Crippen LogP contribution in [0.5, 0.6) is 0 Å². The zero-order chi connectivity index (χ0) is 12.2. The van der Waals surface area contributed by atoms with E-state index in [0.29, 0.717) is 5.56 Å². The number of esters is 1. The number of methoxy groups -OCH3 is 1. The fraction of sp³-hybridized carbons (Fsp3) is 0.333. The molecule has 0 spiro atoms. The van der Waals surface area contributed by atoms with Crippen LogP contribution in [0.1, 0.15) is 23.7 Å². The van der Waals surface area contributed by atoms with Crippen molar-refractivity contribution in [1.29, 1.82) is 0 Å². The van der Waals surface area contributed by atoms with Gasteiger partial charge in [0.15, 0.2) is 11.4 Å². The van der Waals surface area contributed by atoms with E-state index in [9.17, 15) is 14.7 Å². The van der Waals surface area contributed by atoms with Crippen molar-refractivity contribution < 1.29 is 19.4 Å². The highest BCUT2D eigenvalue weighted by Gasteiger charge is 2.34. The topological polar surface area (TPSA) is 63.6 Å². The highest BCUT2D eigenvalue weighted by molar-refractivity contribution is 5.99. The van der Waals surface area contributed by atoms with Crippen LogP contribution in [-0.2, 0) is 9.53 Å². The van der Waals surface area contributed by atoms with Crippen LogP contribution in [0.4, 0.5) is 0 Å². The van der Waals surface area contributed by atoms with E-state index in [-0.39, 0.29) is 12.2 Å². The first-order valence-electron chi connectivity index (χ1n) is 4.86. The molecule has 0 aliphatic rings. The Kier molecular flexibility index (Phi) is 3.79. The van der Waals surface area contributed by atoms with Crippen LogP contribution in [0.2, 0.25) is 0 Å². The Morgan fingerprint density at radius 3 is 2.38 bits per heavy atom. The summed E-state index contributed by atoms with van der Waals surface area (Å²) in [6.07, 6.45) is -0.288. The minimum atomic E-state index is -1.78. The molecule has 4 heteroatoms. The number of carbonyl (C=O) groups excluding carboxylic acids is 2. The normalized spacial score (nSPS) is 13.9. The van der Waals surface area contributed by atoms with Gasteiger partial charge in [-0.15, -0.1) is 0 Å². The van der Waals surface area contributed by atoms with Crippen molar-refractivity contribution in [1.82, 2.24) is 0 Å². The van der Waals surface area contributed by atoms with Crippen LogP contribution in [0.25, 0.3) is 0 Å². The maximum Gasteiger partial charge on any atom is 0.338 e. The van der Waals surface area contributed by atoms with Gasteiger partial charge >= 0.3 is 5.97 Å². The fourth-order valence-corrected chi connectivity index (χ4v) is 1.33. The summed E-state index contributed by atoms with van der Waals surface area (Å²) in [4.78, 5) is 22.9. The Bertz CT molecular complexity index is 381. The van der Waals surface area contributed by atoms with Crippen molar-refractivity contribution >= 4 is 11.8 Å². The third-order valence-electron chi connectivity index (χ3n) is 2.23. The van der Waals surface area contributed by atoms with Gasteiger partial charge in [0.25, 0.3) is 0 Å². The Labute approximate surface area is 93.9 Å². The molecule has 0 aliphatic heterocycles. The van der Waals surface area contributed by atoms with Gasteiger partial charge in [0, 0.05) is 5.56 Å². The van der Waals surface area contributed by atoms with Crippen LogP contribution >= 0.6 is 0 Å². The maximum atomic E-state index is 11.7. The molecule has 0 amide bonds. The summed E-state index contributed by atoms with van der Waals surface area (Å²) in [6.45, 7) is 1.26. The highest BCUT2D eigenvalue weighted by Crippen LogP contribution is 2.15. The summed E-state index contributed by atoms with van der Waals surface area (Å²) in [7, 11) is 1.17. The highest BCUT2D eigenvalue weighted by atomic mass is 16.5. The Balaban J connectivity index is 2.76. The molecule has 1 unspecified atom stereocenters. The molecule has 4 nitrogen and oxygen atoms in total. The molecule has 0 aliphatic carbocycles. The summed E-state index contributed by atoms with van der Waals surface area (Å²) >= 11 is 0. The number of benzene rings is 1. The predicted octanol–water partition coefficient (Wildman–Crippen LogP) is 1.18. The third-order valence-corrected chi connectivity index (χ3v) is 2.23. The lowest BCUT2D eigenvalue weighted by Crippen LogP contribution is -2.38. The molecular weight excluding hydrogens is 208 g/mol. The first-order chi connectivity index (χ1) is 7.47. The second-order valence-corrected chi connectivity index (χ2v) is 3.73. The SMILES string of the molecule is COC(=O)C(C)(O)CC(=O)c1ccccc1. The number of Topliss-reactive ketones (excluding diaryl/α,β-unsaturated/α-hetero) is 1. The molecule has 1 aromatic carbocycles. The molecule has 0 heterocycles. The van der Waals surface area contributed by atoms with Gasteiger partial charge < -0.3 is 9.84 Å². The average molecular weight is 222 g/mol. The van der Waals surface area contributed by atoms with E-state index in [2.05, 4.69) is 4.74 Å². The standard InChI is InChI=1S/C12H14O4/c1-12(15,11(14)16-2)8-10(13)9-6-4-3-5-7-9/h3-7,15H,8H2,1-2H3. The van der Waals surface area contributed by atoms with Gasteiger partial charge in [0.2, 0.25) is 0 Å². The lowest BCUT2D eigenvalue weighted by Gasteiger charge is -2.18. The van der Waals surface area contributed by atoms with E-state index in [1.165, 1.54) is 14.0 Å². The summed E-state index contributed by atoms with van der Waals surface area (Å²) < 4.78 is 4.41. The minimum absolute atomic E-state index is 0.288. The van der Waals surface area contributed by atoms with Gasteiger partial charge in [0.1, 0.15) is 0 Å². The van der Waals surface area contributed by atoms with Crippen molar-refractivity contribution in [3.8, 4) is 0 Å². The zero-order valence-corrected chi connectivity index (χ0v) is 9.27. The van der Waals surface area contributed by atoms with Crippen LogP contribution in [0.15, 0.2) is 30.3 Å². The Morgan fingerprint density at radius 2 is 1.88 bits per heavy atom. The van der Waals surface area contributed by atoms with Crippen molar-refractivity contribution in [2.45, 2.75) is 18.9 Å². The number of hydrogen-bond acceptors (Lipinski definition) is 4. The Hall–Kier alpha value is -1.68. The largest absolute Gasteiger partial charge is 0.467 e. The van der Waals surface area contributed by atoms with E-state index in [1.54, 1.807) is 30.3 Å². The lowest BCUT2D eigenvalue weighted by atomic mass is 9.96. The van der Waals surface area contributed by atoms with Gasteiger partial charge in [-0.2, -0.15) is 0 Å². The van der Waals surface area contributed by atoms with E-state index >= 15 is 0 Å². The summed E-state index contributed by atoms with van der Waals surface area (Å²) in [5.41, 5.74) is -1.31. The van der Waals surface area contributed by atoms with Gasteiger partial charge in [-0.3, -0.25) is 4.79 Å². The summed E-state index contributed by atoms with van der Waals surface area (Å²) in [6, 6.07) is 8.50. The van der Waals surface area contributed by atoms with Gasteiger partial charge in [0.05, 0.1) is 13.5 Å². The number of hydrogen-bond donors (Lipinski definition) is 1. The van der Waals surface area contributed by atoms with Crippen molar-refractivity contribution in [2.75, 3.05) is 7.11 Å². The summed E-state index contributed by atoms with van der Waals surface area (Å²) in [5, 5.41) is 9.72. The molecule has 1 N–H and O–H groups in total. The molecule has 0 saturated carbocycles. The molecule has 1 atom stereocenters. The summed E-state index contributed by atoms with van der Waals surface area (Å²) in [5.74, 6) is -1.10. The number of aliphatic hydroxyl groups is 1. The minimum Gasteiger partial charge on any atom is -0.467 e. The quantitative estimate of drug-likeness (QED) is 0.613. The first kappa shape index (κ1) is 12.4. The number of ether oxygens (including phenoxy) is 1. The van der Waals surface area contributed by atoms with Crippen molar-refractivity contribution in [2.24, 2.45) is 0 Å². The molecule has 0 aromatic heterocycles. The van der Waals surface area contributed by atoms with Crippen molar-refractivity contribution in [3.05, 3.63) is 35.9 Å². The van der Waals surface area contributed by atoms with E-state index in [1.807, 2.05) is 0 Å². The molecular formula is C12H14O4. The number of ketones is 1. The van der Waals surface area contributed by atoms with E-state index < -0.39 is 11.6 Å². The third kappa shape index (κ3) is 2.90. The molecule has 1 aromatic rings. The molecule has 0 fully saturated rings. The van der Waals surface area contributed by atoms with Crippen LogP contribution in [-0.4, -0.2) is 29.6 Å². The monoisotopic (exact) mass is 222 g/mol.